The van der Waals surface area contributed by atoms with Crippen LogP contribution in [0, 0.1) is 13.8 Å². The van der Waals surface area contributed by atoms with Gasteiger partial charge in [0.2, 0.25) is 0 Å². The zero-order valence-electron chi connectivity index (χ0n) is 10.5. The van der Waals surface area contributed by atoms with Gasteiger partial charge in [0.05, 0.1) is 11.4 Å². The number of nitrogens with zero attached hydrogens (tertiary/aromatic N) is 2. The average molecular weight is 240 g/mol. The van der Waals surface area contributed by atoms with Crippen LogP contribution in [0.5, 0.6) is 0 Å². The summed E-state index contributed by atoms with van der Waals surface area (Å²) in [6.07, 6.45) is 0. The van der Waals surface area contributed by atoms with Gasteiger partial charge in [0.25, 0.3) is 0 Å². The van der Waals surface area contributed by atoms with Gasteiger partial charge in [0.1, 0.15) is 0 Å². The van der Waals surface area contributed by atoms with Crippen LogP contribution in [0.25, 0.3) is 0 Å². The number of hydrogen-bond donors (Lipinski definition) is 2. The fraction of sp³-hybridized carbons (Fsp3) is 0.143. The van der Waals surface area contributed by atoms with Crippen molar-refractivity contribution in [2.24, 2.45) is 10.3 Å². The molecule has 2 N–H and O–H groups in total. The van der Waals surface area contributed by atoms with Crippen LogP contribution in [0.15, 0.2) is 58.9 Å². The largest absolute Gasteiger partial charge is 0.284 e. The molecule has 2 aromatic carbocycles. The highest BCUT2D eigenvalue weighted by Crippen LogP contribution is 2.17. The number of para-hydroxylation sites is 1. The molecule has 0 amide bonds. The number of rotatable bonds is 4. The smallest absolute Gasteiger partial charge is 0.0903 e. The summed E-state index contributed by atoms with van der Waals surface area (Å²) in [5.74, 6) is 0. The molecule has 92 valence electrons. The highest BCUT2D eigenvalue weighted by molar-refractivity contribution is 5.49. The van der Waals surface area contributed by atoms with Crippen LogP contribution in [0.3, 0.4) is 0 Å². The van der Waals surface area contributed by atoms with Gasteiger partial charge < -0.3 is 0 Å². The van der Waals surface area contributed by atoms with E-state index in [1.54, 1.807) is 0 Å². The molecular formula is C14H16N4. The van der Waals surface area contributed by atoms with Crippen molar-refractivity contribution in [3.8, 4) is 0 Å². The zero-order chi connectivity index (χ0) is 12.8. The minimum absolute atomic E-state index is 0.858. The normalized spacial score (nSPS) is 10.6. The van der Waals surface area contributed by atoms with Crippen LogP contribution in [0.1, 0.15) is 11.1 Å². The molecule has 0 aliphatic heterocycles. The second-order valence-electron chi connectivity index (χ2n) is 4.04. The Morgan fingerprint density at radius 3 is 2.22 bits per heavy atom. The second-order valence-corrected chi connectivity index (χ2v) is 4.04. The molecule has 0 aromatic heterocycles. The third-order valence-electron chi connectivity index (χ3n) is 2.66. The van der Waals surface area contributed by atoms with Gasteiger partial charge >= 0.3 is 0 Å². The molecule has 2 aromatic rings. The van der Waals surface area contributed by atoms with Crippen LogP contribution in [0.2, 0.25) is 0 Å². The lowest BCUT2D eigenvalue weighted by Gasteiger charge is -2.06. The van der Waals surface area contributed by atoms with E-state index < -0.39 is 0 Å². The highest BCUT2D eigenvalue weighted by Gasteiger charge is 1.94. The minimum Gasteiger partial charge on any atom is -0.284 e. The Hall–Kier alpha value is -2.36. The third-order valence-corrected chi connectivity index (χ3v) is 2.66. The summed E-state index contributed by atoms with van der Waals surface area (Å²) < 4.78 is 0. The molecule has 0 unspecified atom stereocenters. The van der Waals surface area contributed by atoms with Gasteiger partial charge in [-0.1, -0.05) is 41.6 Å². The van der Waals surface area contributed by atoms with E-state index in [0.717, 1.165) is 22.5 Å². The summed E-state index contributed by atoms with van der Waals surface area (Å²) >= 11 is 0. The maximum Gasteiger partial charge on any atom is 0.0903 e. The average Bonchev–Trinajstić information content (AvgIpc) is 2.38. The van der Waals surface area contributed by atoms with Gasteiger partial charge in [0, 0.05) is 0 Å². The Bertz CT molecular complexity index is 549. The van der Waals surface area contributed by atoms with E-state index in [1.807, 2.05) is 62.4 Å². The first kappa shape index (κ1) is 12.1. The first-order chi connectivity index (χ1) is 8.77. The summed E-state index contributed by atoms with van der Waals surface area (Å²) in [6.45, 7) is 4.03. The molecule has 0 spiro atoms. The van der Waals surface area contributed by atoms with E-state index in [1.165, 1.54) is 0 Å². The van der Waals surface area contributed by atoms with Gasteiger partial charge in [-0.25, -0.2) is 5.53 Å². The molecule has 4 nitrogen and oxygen atoms in total. The zero-order valence-corrected chi connectivity index (χ0v) is 10.5. The minimum atomic E-state index is 0.858. The maximum absolute atomic E-state index is 4.10. The van der Waals surface area contributed by atoms with Crippen LogP contribution < -0.4 is 11.0 Å². The summed E-state index contributed by atoms with van der Waals surface area (Å²) in [5, 5.41) is 8.00. The first-order valence-electron chi connectivity index (χ1n) is 5.80. The Balaban J connectivity index is 1.93. The van der Waals surface area contributed by atoms with Crippen molar-refractivity contribution < 1.29 is 0 Å². The van der Waals surface area contributed by atoms with Gasteiger partial charge in [-0.3, -0.25) is 5.43 Å². The lowest BCUT2D eigenvalue weighted by Crippen LogP contribution is -2.14. The Kier molecular flexibility index (Phi) is 3.91. The maximum atomic E-state index is 4.10. The van der Waals surface area contributed by atoms with Crippen molar-refractivity contribution in [1.29, 1.82) is 0 Å². The summed E-state index contributed by atoms with van der Waals surface area (Å²) in [7, 11) is 0. The number of anilines is 1. The van der Waals surface area contributed by atoms with Gasteiger partial charge in [-0.05, 0) is 37.1 Å². The van der Waals surface area contributed by atoms with Crippen molar-refractivity contribution >= 4 is 11.4 Å². The number of aryl methyl sites for hydroxylation is 2. The molecule has 0 fully saturated rings. The van der Waals surface area contributed by atoms with Crippen molar-refractivity contribution in [2.75, 3.05) is 5.43 Å². The molecule has 2 rings (SSSR count). The molecule has 0 aliphatic rings. The van der Waals surface area contributed by atoms with E-state index in [2.05, 4.69) is 21.3 Å². The van der Waals surface area contributed by atoms with E-state index in [0.29, 0.717) is 0 Å². The molecule has 18 heavy (non-hydrogen) atoms. The van der Waals surface area contributed by atoms with E-state index in [4.69, 9.17) is 0 Å². The Morgan fingerprint density at radius 1 is 0.833 bits per heavy atom. The van der Waals surface area contributed by atoms with Crippen LogP contribution >= 0.6 is 0 Å². The quantitative estimate of drug-likeness (QED) is 0.628. The van der Waals surface area contributed by atoms with Crippen LogP contribution in [-0.2, 0) is 0 Å². The lowest BCUT2D eigenvalue weighted by atomic mass is 10.2. The monoisotopic (exact) mass is 240 g/mol. The van der Waals surface area contributed by atoms with E-state index >= 15 is 0 Å². The summed E-state index contributed by atoms with van der Waals surface area (Å²) in [6, 6.07) is 15.8. The fourth-order valence-electron chi connectivity index (χ4n) is 1.55. The van der Waals surface area contributed by atoms with E-state index in [-0.39, 0.29) is 0 Å². The van der Waals surface area contributed by atoms with Crippen LogP contribution in [-0.4, -0.2) is 0 Å². The summed E-state index contributed by atoms with van der Waals surface area (Å²) in [5.41, 5.74) is 9.81. The Morgan fingerprint density at radius 2 is 1.50 bits per heavy atom. The van der Waals surface area contributed by atoms with E-state index in [9.17, 15) is 0 Å². The van der Waals surface area contributed by atoms with Gasteiger partial charge in [0.15, 0.2) is 0 Å². The Labute approximate surface area is 107 Å². The van der Waals surface area contributed by atoms with Crippen molar-refractivity contribution in [3.63, 3.8) is 0 Å². The number of hydrogen-bond acceptors (Lipinski definition) is 3. The lowest BCUT2D eigenvalue weighted by molar-refractivity contribution is 0.803. The topological polar surface area (TPSA) is 48.8 Å². The van der Waals surface area contributed by atoms with Gasteiger partial charge in [-0.2, -0.15) is 0 Å². The molecular weight excluding hydrogens is 224 g/mol. The number of hydrazine groups is 1. The molecule has 0 saturated carbocycles. The third kappa shape index (κ3) is 3.07. The van der Waals surface area contributed by atoms with Crippen LogP contribution in [0.4, 0.5) is 11.4 Å². The fourth-order valence-corrected chi connectivity index (χ4v) is 1.55. The van der Waals surface area contributed by atoms with Crippen molar-refractivity contribution in [2.45, 2.75) is 13.8 Å². The standard InChI is InChI=1S/C14H16N4/c1-11-7-3-5-9-13(11)15-17-18-16-14-10-6-4-8-12(14)2/h3-10H,1-2H3,(H,15,18)(H,16,17). The number of nitrogens with one attached hydrogen (secondary N) is 2. The molecule has 4 heteroatoms. The molecule has 0 aliphatic carbocycles. The second kappa shape index (κ2) is 5.82. The SMILES string of the molecule is Cc1ccccc1N=NNNc1ccccc1C. The number of benzene rings is 2. The van der Waals surface area contributed by atoms with Crippen molar-refractivity contribution in [3.05, 3.63) is 59.7 Å². The first-order valence-corrected chi connectivity index (χ1v) is 5.80. The molecule has 0 radical (unpaired) electrons. The van der Waals surface area contributed by atoms with Gasteiger partial charge in [-0.15, -0.1) is 5.11 Å². The highest BCUT2D eigenvalue weighted by atomic mass is 15.6. The molecule has 0 atom stereocenters. The van der Waals surface area contributed by atoms with Crippen molar-refractivity contribution in [1.82, 2.24) is 5.53 Å². The predicted octanol–water partition coefficient (Wildman–Crippen LogP) is 3.92. The molecule has 0 heterocycles. The summed E-state index contributed by atoms with van der Waals surface area (Å²) in [4.78, 5) is 0. The molecule has 0 bridgehead atoms. The predicted molar refractivity (Wildman–Crippen MR) is 73.6 cm³/mol. The molecule has 0 saturated heterocycles.